The minimum absolute atomic E-state index is 0. The molecule has 0 aliphatic carbocycles. The van der Waals surface area contributed by atoms with Crippen LogP contribution in [0.1, 0.15) is 66.9 Å². The summed E-state index contributed by atoms with van der Waals surface area (Å²) in [5, 5.41) is -5.94. The Hall–Kier alpha value is 0.731. The van der Waals surface area contributed by atoms with Crippen LogP contribution in [0.25, 0.3) is 0 Å². The number of methoxy groups -OCH3 is 1. The van der Waals surface area contributed by atoms with Crippen molar-refractivity contribution in [3.05, 3.63) is 35.4 Å². The van der Waals surface area contributed by atoms with Crippen molar-refractivity contribution in [1.82, 2.24) is 0 Å². The van der Waals surface area contributed by atoms with Gasteiger partial charge in [-0.25, -0.2) is 13.2 Å². The fourth-order valence-corrected chi connectivity index (χ4v) is 29.3. The minimum Gasteiger partial charge on any atom is -0.743 e. The van der Waals surface area contributed by atoms with Gasteiger partial charge in [-0.05, 0) is 108 Å². The molecule has 57 heavy (non-hydrogen) atoms. The van der Waals surface area contributed by atoms with Crippen LogP contribution in [-0.4, -0.2) is 106 Å². The number of benzene rings is 1. The van der Waals surface area contributed by atoms with Crippen molar-refractivity contribution in [2.45, 2.75) is 152 Å². The average Bonchev–Trinajstić information content (AvgIpc) is 2.88. The summed E-state index contributed by atoms with van der Waals surface area (Å²) < 4.78 is 142. The van der Waals surface area contributed by atoms with Gasteiger partial charge in [-0.2, -0.15) is 22.0 Å². The van der Waals surface area contributed by atoms with Crippen LogP contribution in [0.5, 0.6) is 0 Å². The molecule has 0 bridgehead atoms. The third-order valence-electron chi connectivity index (χ3n) is 6.54. The number of hydrogen-bond acceptors (Lipinski definition) is 11. The van der Waals surface area contributed by atoms with E-state index in [1.54, 1.807) is 7.11 Å². The fraction of sp³-hybridized carbons (Fsp3) is 0.794. The van der Waals surface area contributed by atoms with Crippen LogP contribution in [0.3, 0.4) is 0 Å². The van der Waals surface area contributed by atoms with E-state index in [1.807, 2.05) is 45.8 Å². The number of carbonyl (C=O) groups is 1. The zero-order valence-electron chi connectivity index (χ0n) is 31.6. The molecular formula is C34H76F5KO11SSi5. The van der Waals surface area contributed by atoms with E-state index < -0.39 is 81.5 Å². The molecule has 3 atom stereocenters. The zero-order valence-corrected chi connectivity index (χ0v) is 40.6. The predicted octanol–water partition coefficient (Wildman–Crippen LogP) is 7.91. The third kappa shape index (κ3) is 27.4. The monoisotopic (exact) mass is 966 g/mol. The van der Waals surface area contributed by atoms with E-state index in [-0.39, 0.29) is 95.9 Å². The van der Waals surface area contributed by atoms with E-state index in [1.165, 1.54) is 12.1 Å². The second-order valence-corrected chi connectivity index (χ2v) is 36.1. The smallest absolute Gasteiger partial charge is 0.743 e. The largest absolute Gasteiger partial charge is 1.00 e. The molecule has 0 amide bonds. The zero-order chi connectivity index (χ0) is 39.0. The second-order valence-electron chi connectivity index (χ2n) is 14.5. The van der Waals surface area contributed by atoms with E-state index in [2.05, 4.69) is 24.4 Å². The summed E-state index contributed by atoms with van der Waals surface area (Å²) >= 11 is 0. The predicted molar refractivity (Wildman–Crippen MR) is 229 cm³/mol. The Kier molecular flexibility index (Phi) is 36.0. The first-order chi connectivity index (χ1) is 22.3. The summed E-state index contributed by atoms with van der Waals surface area (Å²) in [4.78, 5) is 12.4. The number of esters is 1. The van der Waals surface area contributed by atoms with Gasteiger partial charge in [0.25, 0.3) is 6.10 Å². The Labute approximate surface area is 391 Å². The summed E-state index contributed by atoms with van der Waals surface area (Å²) in [7, 11) is -18.0. The summed E-state index contributed by atoms with van der Waals surface area (Å²) in [6, 6.07) is 5.94. The summed E-state index contributed by atoms with van der Waals surface area (Å²) in [6.07, 6.45) is -9.51. The van der Waals surface area contributed by atoms with Gasteiger partial charge >= 0.3 is 94.5 Å². The molecule has 0 aromatic heterocycles. The van der Waals surface area contributed by atoms with Gasteiger partial charge in [0, 0.05) is 13.7 Å². The third-order valence-corrected chi connectivity index (χ3v) is 25.6. The van der Waals surface area contributed by atoms with Gasteiger partial charge in [-0.3, -0.25) is 0 Å². The number of ether oxygens (including phenoxy) is 3. The molecule has 11 nitrogen and oxygen atoms in total. The maximum Gasteiger partial charge on any atom is 1.00 e. The summed E-state index contributed by atoms with van der Waals surface area (Å²) in [5.41, 5.74) is 0.0582. The standard InChI is InChI=1S/C28H53F5O11SSi5.6CH4.K/c1-38-19-20-39-18-12-21-49(10,43-48(8,9)41-46(2,3)4)44-50(11,42-47(5,6)7)22-17-23-13-15-24(16-14-23)25(34)40-26(27(29,30)31)28(32,33)45(35,36)37;;;;;;;/h13-16,26H,12,17-22H2,1-11H3,(H,35,36,37);6*1H4;/q;;;;;;;+1/p-1. The number of aryl methyl sites for hydroxylation is 1. The van der Waals surface area contributed by atoms with Crippen LogP contribution in [0.4, 0.5) is 22.0 Å². The molecule has 0 fully saturated rings. The molecular weight excluding hydrogens is 891 g/mol. The van der Waals surface area contributed by atoms with Gasteiger partial charge in [0.2, 0.25) is 0 Å². The Morgan fingerprint density at radius 2 is 1.16 bits per heavy atom. The summed E-state index contributed by atoms with van der Waals surface area (Å²) in [6.45, 7) is 21.7. The van der Waals surface area contributed by atoms with Gasteiger partial charge in [0.05, 0.1) is 18.8 Å². The molecule has 0 saturated heterocycles. The molecule has 0 spiro atoms. The van der Waals surface area contributed by atoms with E-state index in [0.717, 1.165) is 12.1 Å². The number of alkyl halides is 5. The van der Waals surface area contributed by atoms with Gasteiger partial charge in [-0.1, -0.05) is 56.7 Å². The first kappa shape index (κ1) is 72.2. The van der Waals surface area contributed by atoms with Crippen molar-refractivity contribution in [3.8, 4) is 0 Å². The van der Waals surface area contributed by atoms with Crippen LogP contribution in [0.15, 0.2) is 24.3 Å². The molecule has 0 saturated carbocycles. The molecule has 0 aliphatic rings. The Bertz CT molecular complexity index is 1360. The molecule has 0 aliphatic heterocycles. The molecule has 1 aromatic rings. The van der Waals surface area contributed by atoms with Gasteiger partial charge in [-0.15, -0.1) is 0 Å². The first-order valence-corrected chi connectivity index (χ1v) is 32.0. The quantitative estimate of drug-likeness (QED) is 0.0369. The Morgan fingerprint density at radius 3 is 1.56 bits per heavy atom. The van der Waals surface area contributed by atoms with E-state index in [9.17, 15) is 39.7 Å². The maximum absolute atomic E-state index is 13.8. The van der Waals surface area contributed by atoms with Crippen molar-refractivity contribution >= 4 is 58.4 Å². The van der Waals surface area contributed by atoms with Crippen LogP contribution in [-0.2, 0) is 47.2 Å². The number of hydrogen-bond donors (Lipinski definition) is 0. The molecule has 0 heterocycles. The average molecular weight is 968 g/mol. The second kappa shape index (κ2) is 28.4. The van der Waals surface area contributed by atoms with Crippen LogP contribution < -0.4 is 51.4 Å². The molecule has 23 heteroatoms. The number of halogens is 5. The molecule has 3 unspecified atom stereocenters. The SMILES string of the molecule is C.C.C.C.C.C.COCCOCCC[Si](C)(O[Si](C)(C)O[Si](C)(C)C)O[Si](C)(CCc1ccc(C(=O)OC(C(F)(F)F)C(F)(F)S(=O)(=O)[O-])cc1)O[Si](C)(C)C.[K+]. The molecule has 0 radical (unpaired) electrons. The molecule has 1 aromatic carbocycles. The molecule has 340 valence electrons. The van der Waals surface area contributed by atoms with E-state index >= 15 is 0 Å². The molecule has 0 N–H and O–H groups in total. The van der Waals surface area contributed by atoms with Gasteiger partial charge in [0.1, 0.15) is 0 Å². The van der Waals surface area contributed by atoms with Crippen LogP contribution in [0, 0.1) is 0 Å². The van der Waals surface area contributed by atoms with Crippen molar-refractivity contribution < 1.29 is 122 Å². The summed E-state index contributed by atoms with van der Waals surface area (Å²) in [5.74, 6) is -1.88. The molecule has 1 rings (SSSR count). The van der Waals surface area contributed by atoms with Crippen LogP contribution >= 0.6 is 0 Å². The van der Waals surface area contributed by atoms with Crippen molar-refractivity contribution in [2.75, 3.05) is 26.9 Å². The Morgan fingerprint density at radius 1 is 0.702 bits per heavy atom. The van der Waals surface area contributed by atoms with Crippen molar-refractivity contribution in [1.29, 1.82) is 0 Å². The van der Waals surface area contributed by atoms with Gasteiger partial charge < -0.3 is 35.2 Å². The van der Waals surface area contributed by atoms with Gasteiger partial charge in [0.15, 0.2) is 26.8 Å². The fourth-order valence-electron chi connectivity index (χ4n) is 5.18. The maximum atomic E-state index is 13.8. The van der Waals surface area contributed by atoms with Crippen molar-refractivity contribution in [3.63, 3.8) is 0 Å². The topological polar surface area (TPSA) is 139 Å². The number of rotatable bonds is 22. The van der Waals surface area contributed by atoms with E-state index in [0.29, 0.717) is 50.3 Å². The normalized spacial score (nSPS) is 14.8. The van der Waals surface area contributed by atoms with Crippen molar-refractivity contribution in [2.24, 2.45) is 0 Å². The van der Waals surface area contributed by atoms with Crippen LogP contribution in [0.2, 0.25) is 77.6 Å². The Balaban J connectivity index is -0.000000714. The van der Waals surface area contributed by atoms with E-state index in [4.69, 9.17) is 25.9 Å². The first-order valence-electron chi connectivity index (χ1n) is 15.9. The number of carbonyl (C=O) groups excluding carboxylic acids is 1. The minimum atomic E-state index is -6.81.